The molecule has 11 heteroatoms. The molecule has 1 aliphatic carbocycles. The van der Waals surface area contributed by atoms with Crippen LogP contribution in [0.4, 0.5) is 19.0 Å². The van der Waals surface area contributed by atoms with Gasteiger partial charge in [-0.25, -0.2) is 9.97 Å². The van der Waals surface area contributed by atoms with Gasteiger partial charge in [0.25, 0.3) is 0 Å². The molecule has 190 valence electrons. The Morgan fingerprint density at radius 3 is 2.66 bits per heavy atom. The number of aromatic nitrogens is 2. The number of carbonyl (C=O) groups excluding carboxylic acids is 1. The Balaban J connectivity index is 1.24. The zero-order valence-electron chi connectivity index (χ0n) is 19.3. The largest absolute Gasteiger partial charge is 0.416 e. The average Bonchev–Trinajstić information content (AvgIpc) is 2.80. The molecule has 4 N–H and O–H groups in total. The number of nitrogens with one attached hydrogen (secondary N) is 2. The van der Waals surface area contributed by atoms with Crippen LogP contribution in [0.2, 0.25) is 0 Å². The van der Waals surface area contributed by atoms with Crippen LogP contribution in [0.5, 0.6) is 0 Å². The number of halogens is 3. The number of amides is 1. The summed E-state index contributed by atoms with van der Waals surface area (Å²) in [6, 6.07) is 3.49. The number of hydrogen-bond donors (Lipinski definition) is 4. The third kappa shape index (κ3) is 5.74. The molecule has 2 heterocycles. The maximum absolute atomic E-state index is 13.1. The van der Waals surface area contributed by atoms with Crippen LogP contribution in [0.1, 0.15) is 37.7 Å². The van der Waals surface area contributed by atoms with Crippen molar-refractivity contribution in [2.75, 3.05) is 25.0 Å². The molecule has 0 bridgehead atoms. The van der Waals surface area contributed by atoms with E-state index in [2.05, 4.69) is 32.1 Å². The van der Waals surface area contributed by atoms with Crippen molar-refractivity contribution in [1.29, 1.82) is 0 Å². The summed E-state index contributed by atoms with van der Waals surface area (Å²) in [5, 5.41) is 26.8. The molecular formula is C24H30F3N5O3. The van der Waals surface area contributed by atoms with Crippen molar-refractivity contribution in [2.45, 2.75) is 62.1 Å². The van der Waals surface area contributed by atoms with Gasteiger partial charge in [0.05, 0.1) is 35.4 Å². The third-order valence-corrected chi connectivity index (χ3v) is 7.00. The second kappa shape index (κ2) is 10.1. The summed E-state index contributed by atoms with van der Waals surface area (Å²) < 4.78 is 39.2. The normalized spacial score (nSPS) is 24.5. The first-order valence-electron chi connectivity index (χ1n) is 11.7. The zero-order chi connectivity index (χ0) is 25.2. The van der Waals surface area contributed by atoms with E-state index in [0.717, 1.165) is 25.0 Å². The highest BCUT2D eigenvalue weighted by molar-refractivity contribution is 5.91. The molecule has 1 saturated carbocycles. The summed E-state index contributed by atoms with van der Waals surface area (Å²) in [6.45, 7) is 4.87. The van der Waals surface area contributed by atoms with E-state index in [4.69, 9.17) is 0 Å². The maximum atomic E-state index is 13.1. The summed E-state index contributed by atoms with van der Waals surface area (Å²) in [6.07, 6.45) is 0.504. The van der Waals surface area contributed by atoms with E-state index in [1.54, 1.807) is 6.08 Å². The van der Waals surface area contributed by atoms with Crippen LogP contribution in [0.25, 0.3) is 10.9 Å². The number of benzene rings is 1. The summed E-state index contributed by atoms with van der Waals surface area (Å²) in [5.74, 6) is -0.112. The number of carbonyl (C=O) groups is 1. The minimum atomic E-state index is -4.49. The van der Waals surface area contributed by atoms with Gasteiger partial charge in [-0.1, -0.05) is 6.08 Å². The zero-order valence-corrected chi connectivity index (χ0v) is 19.3. The fourth-order valence-electron chi connectivity index (χ4n) is 4.90. The smallest absolute Gasteiger partial charge is 0.390 e. The number of alkyl halides is 3. The summed E-state index contributed by atoms with van der Waals surface area (Å²) in [4.78, 5) is 22.6. The van der Waals surface area contributed by atoms with Crippen LogP contribution in [0.15, 0.2) is 37.2 Å². The highest BCUT2D eigenvalue weighted by atomic mass is 19.4. The minimum absolute atomic E-state index is 0.0181. The van der Waals surface area contributed by atoms with Crippen molar-refractivity contribution in [1.82, 2.24) is 20.2 Å². The van der Waals surface area contributed by atoms with Crippen molar-refractivity contribution in [3.8, 4) is 0 Å². The Hall–Kier alpha value is -2.76. The molecule has 8 nitrogen and oxygen atoms in total. The molecule has 1 aromatic carbocycles. The van der Waals surface area contributed by atoms with Gasteiger partial charge in [-0.2, -0.15) is 13.2 Å². The van der Waals surface area contributed by atoms with E-state index in [-0.39, 0.29) is 29.7 Å². The summed E-state index contributed by atoms with van der Waals surface area (Å²) in [5.41, 5.74) is -1.53. The van der Waals surface area contributed by atoms with Gasteiger partial charge in [0.1, 0.15) is 12.1 Å². The molecule has 1 saturated heterocycles. The van der Waals surface area contributed by atoms with Gasteiger partial charge in [-0.15, -0.1) is 6.58 Å². The van der Waals surface area contributed by atoms with Crippen molar-refractivity contribution in [3.05, 3.63) is 42.7 Å². The number of fused-ring (bicyclic) bond motifs is 1. The van der Waals surface area contributed by atoms with Gasteiger partial charge >= 0.3 is 6.18 Å². The molecule has 1 amide bonds. The minimum Gasteiger partial charge on any atom is -0.390 e. The van der Waals surface area contributed by atoms with Gasteiger partial charge in [0.2, 0.25) is 5.91 Å². The van der Waals surface area contributed by atoms with Gasteiger partial charge in [-0.3, -0.25) is 9.69 Å². The average molecular weight is 494 g/mol. The highest BCUT2D eigenvalue weighted by Gasteiger charge is 2.42. The number of likely N-dealkylation sites (tertiary alicyclic amines) is 1. The monoisotopic (exact) mass is 493 g/mol. The van der Waals surface area contributed by atoms with E-state index in [1.165, 1.54) is 12.4 Å². The lowest BCUT2D eigenvalue weighted by atomic mass is 9.76. The number of nitrogens with zero attached hydrogens (tertiary/aromatic N) is 3. The van der Waals surface area contributed by atoms with E-state index in [1.807, 2.05) is 0 Å². The topological polar surface area (TPSA) is 111 Å². The SMILES string of the molecule is C=CCC(O)C1(O)CCC(N2CC(NC(=O)CNc3ncnc4ccc(C(F)(F)F)cc34)C2)CC1. The number of aliphatic hydroxyl groups is 2. The van der Waals surface area contributed by atoms with Crippen LogP contribution in [-0.4, -0.2) is 74.4 Å². The van der Waals surface area contributed by atoms with Crippen molar-refractivity contribution in [3.63, 3.8) is 0 Å². The quantitative estimate of drug-likeness (QED) is 0.418. The molecule has 1 atom stereocenters. The van der Waals surface area contributed by atoms with Crippen molar-refractivity contribution >= 4 is 22.6 Å². The van der Waals surface area contributed by atoms with E-state index in [9.17, 15) is 28.2 Å². The van der Waals surface area contributed by atoms with Gasteiger partial charge in [0.15, 0.2) is 0 Å². The van der Waals surface area contributed by atoms with Crippen LogP contribution >= 0.6 is 0 Å². The lowest BCUT2D eigenvalue weighted by Crippen LogP contribution is -2.63. The Bertz CT molecular complexity index is 1070. The van der Waals surface area contributed by atoms with Crippen molar-refractivity contribution < 1.29 is 28.2 Å². The van der Waals surface area contributed by atoms with E-state index < -0.39 is 23.4 Å². The lowest BCUT2D eigenvalue weighted by molar-refractivity contribution is -0.137. The molecule has 0 spiro atoms. The molecule has 2 fully saturated rings. The highest BCUT2D eigenvalue weighted by Crippen LogP contribution is 2.36. The first kappa shape index (κ1) is 25.3. The molecule has 2 aromatic rings. The second-order valence-corrected chi connectivity index (χ2v) is 9.40. The van der Waals surface area contributed by atoms with E-state index in [0.29, 0.717) is 43.9 Å². The predicted molar refractivity (Wildman–Crippen MR) is 125 cm³/mol. The number of hydrogen-bond acceptors (Lipinski definition) is 7. The number of aliphatic hydroxyl groups excluding tert-OH is 1. The van der Waals surface area contributed by atoms with Crippen molar-refractivity contribution in [2.24, 2.45) is 0 Å². The Kier molecular flexibility index (Phi) is 7.30. The summed E-state index contributed by atoms with van der Waals surface area (Å²) >= 11 is 0. The first-order chi connectivity index (χ1) is 16.6. The van der Waals surface area contributed by atoms with Gasteiger partial charge in [0, 0.05) is 24.5 Å². The number of rotatable bonds is 8. The van der Waals surface area contributed by atoms with E-state index >= 15 is 0 Å². The molecular weight excluding hydrogens is 463 g/mol. The predicted octanol–water partition coefficient (Wildman–Crippen LogP) is 2.47. The molecule has 0 radical (unpaired) electrons. The fraction of sp³-hybridized carbons (Fsp3) is 0.542. The molecule has 1 unspecified atom stereocenters. The molecule has 35 heavy (non-hydrogen) atoms. The van der Waals surface area contributed by atoms with Gasteiger partial charge in [-0.05, 0) is 50.3 Å². The van der Waals surface area contributed by atoms with Crippen LogP contribution in [0, 0.1) is 0 Å². The van der Waals surface area contributed by atoms with Crippen LogP contribution in [0.3, 0.4) is 0 Å². The second-order valence-electron chi connectivity index (χ2n) is 9.40. The van der Waals surface area contributed by atoms with Crippen LogP contribution in [-0.2, 0) is 11.0 Å². The molecule has 1 aromatic heterocycles. The lowest BCUT2D eigenvalue weighted by Gasteiger charge is -2.48. The molecule has 1 aliphatic heterocycles. The third-order valence-electron chi connectivity index (χ3n) is 7.00. The van der Waals surface area contributed by atoms with Gasteiger partial charge < -0.3 is 20.8 Å². The Morgan fingerprint density at radius 2 is 2.00 bits per heavy atom. The standard InChI is InChI=1S/C24H30F3N5O3/c1-2-3-20(33)23(35)8-6-17(7-9-23)32-12-16(13-32)31-21(34)11-28-22-18-10-15(24(25,26)27)4-5-19(18)29-14-30-22/h2,4-5,10,14,16-17,20,33,35H,1,3,6-9,11-13H2,(H,31,34)(H,28,29,30). The molecule has 4 rings (SSSR count). The van der Waals surface area contributed by atoms with Crippen LogP contribution < -0.4 is 10.6 Å². The molecule has 2 aliphatic rings. The Morgan fingerprint density at radius 1 is 1.29 bits per heavy atom. The summed E-state index contributed by atoms with van der Waals surface area (Å²) in [7, 11) is 0. The first-order valence-corrected chi connectivity index (χ1v) is 11.7. The fourth-order valence-corrected chi connectivity index (χ4v) is 4.90. The Labute approximate surface area is 201 Å². The maximum Gasteiger partial charge on any atom is 0.416 e. The number of anilines is 1.